The van der Waals surface area contributed by atoms with Crippen molar-refractivity contribution in [2.75, 3.05) is 33.8 Å². The predicted molar refractivity (Wildman–Crippen MR) is 132 cm³/mol. The third kappa shape index (κ3) is 6.82. The van der Waals surface area contributed by atoms with Crippen molar-refractivity contribution in [3.63, 3.8) is 0 Å². The molecule has 0 bridgehead atoms. The molecule has 8 heteroatoms. The Hall–Kier alpha value is -1.39. The number of ether oxygens (including phenoxy) is 1. The van der Waals surface area contributed by atoms with E-state index in [0.717, 1.165) is 43.5 Å². The molecule has 0 spiro atoms. The predicted octanol–water partition coefficient (Wildman–Crippen LogP) is 3.83. The third-order valence-electron chi connectivity index (χ3n) is 5.11. The summed E-state index contributed by atoms with van der Waals surface area (Å²) >= 11 is 1.72. The van der Waals surface area contributed by atoms with Gasteiger partial charge in [-0.1, -0.05) is 19.1 Å². The minimum absolute atomic E-state index is 0. The maximum absolute atomic E-state index is 5.31. The summed E-state index contributed by atoms with van der Waals surface area (Å²) in [7, 11) is 3.52. The number of rotatable bonds is 8. The number of halogens is 1. The molecule has 1 aromatic heterocycles. The number of thiazole rings is 1. The topological polar surface area (TPSA) is 61.8 Å². The zero-order valence-electron chi connectivity index (χ0n) is 17.5. The number of guanidine groups is 1. The molecule has 0 amide bonds. The van der Waals surface area contributed by atoms with Crippen LogP contribution < -0.4 is 15.4 Å². The Morgan fingerprint density at radius 2 is 1.97 bits per heavy atom. The normalized spacial score (nSPS) is 15.6. The molecule has 1 fully saturated rings. The second-order valence-electron chi connectivity index (χ2n) is 6.92. The van der Waals surface area contributed by atoms with Crippen LogP contribution in [0.25, 0.3) is 0 Å². The van der Waals surface area contributed by atoms with Gasteiger partial charge in [-0.3, -0.25) is 9.89 Å². The molecule has 1 aliphatic rings. The lowest BCUT2D eigenvalue weighted by molar-refractivity contribution is 0.245. The lowest BCUT2D eigenvalue weighted by Crippen LogP contribution is -2.42. The van der Waals surface area contributed by atoms with Crippen LogP contribution >= 0.6 is 35.3 Å². The highest BCUT2D eigenvalue weighted by Crippen LogP contribution is 2.26. The molecule has 6 nitrogen and oxygen atoms in total. The summed E-state index contributed by atoms with van der Waals surface area (Å²) in [5, 5.41) is 10.2. The van der Waals surface area contributed by atoms with E-state index in [1.54, 1.807) is 18.4 Å². The minimum Gasteiger partial charge on any atom is -0.497 e. The van der Waals surface area contributed by atoms with Crippen molar-refractivity contribution >= 4 is 41.3 Å². The molecule has 0 radical (unpaired) electrons. The molecule has 1 atom stereocenters. The second kappa shape index (κ2) is 12.3. The van der Waals surface area contributed by atoms with Crippen LogP contribution in [0.3, 0.4) is 0 Å². The Bertz CT molecular complexity index is 759. The Morgan fingerprint density at radius 1 is 1.24 bits per heavy atom. The number of aryl methyl sites for hydroxylation is 1. The zero-order chi connectivity index (χ0) is 19.8. The summed E-state index contributed by atoms with van der Waals surface area (Å²) in [6.45, 7) is 5.91. The minimum atomic E-state index is 0. The van der Waals surface area contributed by atoms with Gasteiger partial charge in [0.1, 0.15) is 5.75 Å². The number of aliphatic imine (C=N–C) groups is 1. The lowest BCUT2D eigenvalue weighted by atomic mass is 10.1. The maximum Gasteiger partial charge on any atom is 0.191 e. The first-order valence-corrected chi connectivity index (χ1v) is 10.9. The maximum atomic E-state index is 5.31. The standard InChI is InChI=1S/C21H31N5OS.HI/c1-4-20-25-17(15-28-20)13-23-21(22-2)24-14-19(26-11-5-6-12-26)16-7-9-18(27-3)10-8-16;/h7-10,15,19H,4-6,11-14H2,1-3H3,(H2,22,23,24);1H. The third-order valence-corrected chi connectivity index (χ3v) is 6.15. The molecule has 160 valence electrons. The van der Waals surface area contributed by atoms with Crippen molar-refractivity contribution in [3.8, 4) is 5.75 Å². The van der Waals surface area contributed by atoms with Gasteiger partial charge in [0.2, 0.25) is 0 Å². The number of nitrogens with zero attached hydrogens (tertiary/aromatic N) is 3. The fourth-order valence-corrected chi connectivity index (χ4v) is 4.26. The van der Waals surface area contributed by atoms with E-state index in [-0.39, 0.29) is 24.0 Å². The first-order valence-electron chi connectivity index (χ1n) is 9.99. The summed E-state index contributed by atoms with van der Waals surface area (Å²) in [6.07, 6.45) is 3.52. The van der Waals surface area contributed by atoms with Gasteiger partial charge in [0.05, 0.1) is 30.4 Å². The van der Waals surface area contributed by atoms with Crippen molar-refractivity contribution in [3.05, 3.63) is 45.9 Å². The van der Waals surface area contributed by atoms with E-state index in [2.05, 4.69) is 49.9 Å². The number of benzene rings is 1. The molecule has 2 aromatic rings. The first-order chi connectivity index (χ1) is 13.7. The van der Waals surface area contributed by atoms with Crippen LogP contribution in [0.1, 0.15) is 42.1 Å². The number of methoxy groups -OCH3 is 1. The van der Waals surface area contributed by atoms with Gasteiger partial charge in [0.25, 0.3) is 0 Å². The van der Waals surface area contributed by atoms with Gasteiger partial charge in [0, 0.05) is 19.0 Å². The Morgan fingerprint density at radius 3 is 2.55 bits per heavy atom. The van der Waals surface area contributed by atoms with E-state index in [0.29, 0.717) is 12.6 Å². The highest BCUT2D eigenvalue weighted by Gasteiger charge is 2.23. The highest BCUT2D eigenvalue weighted by molar-refractivity contribution is 14.0. The van der Waals surface area contributed by atoms with E-state index >= 15 is 0 Å². The highest BCUT2D eigenvalue weighted by atomic mass is 127. The van der Waals surface area contributed by atoms with Crippen LogP contribution in [0.15, 0.2) is 34.6 Å². The van der Waals surface area contributed by atoms with E-state index in [1.807, 2.05) is 19.2 Å². The van der Waals surface area contributed by atoms with Crippen molar-refractivity contribution in [2.45, 2.75) is 38.8 Å². The molecule has 0 aliphatic carbocycles. The van der Waals surface area contributed by atoms with E-state index < -0.39 is 0 Å². The van der Waals surface area contributed by atoms with E-state index in [9.17, 15) is 0 Å². The molecular weight excluding hydrogens is 497 g/mol. The summed E-state index contributed by atoms with van der Waals surface area (Å²) in [5.74, 6) is 1.70. The molecule has 3 rings (SSSR count). The molecule has 1 aromatic carbocycles. The van der Waals surface area contributed by atoms with Crippen molar-refractivity contribution < 1.29 is 4.74 Å². The summed E-state index contributed by atoms with van der Waals surface area (Å²) in [6, 6.07) is 8.73. The van der Waals surface area contributed by atoms with Gasteiger partial charge in [-0.05, 0) is 50.0 Å². The number of nitrogens with one attached hydrogen (secondary N) is 2. The van der Waals surface area contributed by atoms with Crippen molar-refractivity contribution in [1.82, 2.24) is 20.5 Å². The number of hydrogen-bond acceptors (Lipinski definition) is 5. The summed E-state index contributed by atoms with van der Waals surface area (Å²) in [4.78, 5) is 11.5. The zero-order valence-corrected chi connectivity index (χ0v) is 20.6. The summed E-state index contributed by atoms with van der Waals surface area (Å²) in [5.41, 5.74) is 2.37. The Labute approximate surface area is 195 Å². The van der Waals surface area contributed by atoms with Crippen LogP contribution in [0.5, 0.6) is 5.75 Å². The Kier molecular flexibility index (Phi) is 10.2. The average molecular weight is 529 g/mol. The van der Waals surface area contributed by atoms with Gasteiger partial charge >= 0.3 is 0 Å². The van der Waals surface area contributed by atoms with E-state index in [4.69, 9.17) is 4.74 Å². The van der Waals surface area contributed by atoms with Gasteiger partial charge < -0.3 is 15.4 Å². The van der Waals surface area contributed by atoms with Gasteiger partial charge in [-0.2, -0.15) is 0 Å². The van der Waals surface area contributed by atoms with Crippen LogP contribution in [-0.2, 0) is 13.0 Å². The van der Waals surface area contributed by atoms with Crippen molar-refractivity contribution in [1.29, 1.82) is 0 Å². The average Bonchev–Trinajstić information content (AvgIpc) is 3.43. The largest absolute Gasteiger partial charge is 0.497 e. The van der Waals surface area contributed by atoms with E-state index in [1.165, 1.54) is 23.4 Å². The molecule has 2 heterocycles. The first kappa shape index (κ1) is 23.9. The van der Waals surface area contributed by atoms with Crippen LogP contribution in [-0.4, -0.2) is 49.6 Å². The molecule has 0 saturated carbocycles. The molecule has 1 saturated heterocycles. The van der Waals surface area contributed by atoms with Crippen LogP contribution in [0.2, 0.25) is 0 Å². The quantitative estimate of drug-likeness (QED) is 0.309. The fourth-order valence-electron chi connectivity index (χ4n) is 3.52. The monoisotopic (exact) mass is 529 g/mol. The Balaban J connectivity index is 0.00000300. The molecule has 1 unspecified atom stereocenters. The van der Waals surface area contributed by atoms with Gasteiger partial charge in [-0.15, -0.1) is 35.3 Å². The SMILES string of the molecule is CCc1nc(CNC(=NC)NCC(c2ccc(OC)cc2)N2CCCC2)cs1.I. The number of aromatic nitrogens is 1. The molecule has 29 heavy (non-hydrogen) atoms. The summed E-state index contributed by atoms with van der Waals surface area (Å²) < 4.78 is 5.31. The molecular formula is C21H32IN5OS. The van der Waals surface area contributed by atoms with Gasteiger partial charge in [-0.25, -0.2) is 4.98 Å². The number of likely N-dealkylation sites (tertiary alicyclic amines) is 1. The lowest BCUT2D eigenvalue weighted by Gasteiger charge is -2.29. The van der Waals surface area contributed by atoms with Crippen molar-refractivity contribution in [2.24, 2.45) is 4.99 Å². The number of hydrogen-bond donors (Lipinski definition) is 2. The van der Waals surface area contributed by atoms with Crippen LogP contribution in [0, 0.1) is 0 Å². The van der Waals surface area contributed by atoms with Crippen LogP contribution in [0.4, 0.5) is 0 Å². The second-order valence-corrected chi connectivity index (χ2v) is 7.87. The molecule has 1 aliphatic heterocycles. The molecule has 2 N–H and O–H groups in total. The fraction of sp³-hybridized carbons (Fsp3) is 0.524. The smallest absolute Gasteiger partial charge is 0.191 e. The van der Waals surface area contributed by atoms with Gasteiger partial charge in [0.15, 0.2) is 5.96 Å².